The summed E-state index contributed by atoms with van der Waals surface area (Å²) in [5.74, 6) is 0.0184. The van der Waals surface area contributed by atoms with Gasteiger partial charge in [-0.1, -0.05) is 12.8 Å². The standard InChI is InChI=1S/C17H28N4O2/c22-16(7-11-20-12-8-18-13-20)19-14-5-1-2-6-15(17(14)23)21-9-3-4-10-21/h8,12-15,17,23H,1-7,9-11H2,(H,19,22)/t14-,15-,17-/m1/s1. The van der Waals surface area contributed by atoms with Gasteiger partial charge >= 0.3 is 0 Å². The first kappa shape index (κ1) is 16.5. The number of hydrogen-bond acceptors (Lipinski definition) is 4. The van der Waals surface area contributed by atoms with Crippen LogP contribution in [-0.4, -0.2) is 56.7 Å². The summed E-state index contributed by atoms with van der Waals surface area (Å²) in [5.41, 5.74) is 0. The van der Waals surface area contributed by atoms with Gasteiger partial charge in [-0.2, -0.15) is 0 Å². The van der Waals surface area contributed by atoms with Gasteiger partial charge in [-0.15, -0.1) is 0 Å². The van der Waals surface area contributed by atoms with Crippen LogP contribution < -0.4 is 5.32 Å². The second-order valence-electron chi connectivity index (χ2n) is 6.81. The second kappa shape index (κ2) is 7.93. The summed E-state index contributed by atoms with van der Waals surface area (Å²) < 4.78 is 1.90. The molecule has 1 amide bonds. The van der Waals surface area contributed by atoms with Crippen LogP contribution in [-0.2, 0) is 11.3 Å². The summed E-state index contributed by atoms with van der Waals surface area (Å²) >= 11 is 0. The zero-order valence-electron chi connectivity index (χ0n) is 13.7. The number of aliphatic hydroxyl groups excluding tert-OH is 1. The van der Waals surface area contributed by atoms with E-state index in [-0.39, 0.29) is 18.0 Å². The van der Waals surface area contributed by atoms with Crippen molar-refractivity contribution in [1.29, 1.82) is 0 Å². The summed E-state index contributed by atoms with van der Waals surface area (Å²) in [7, 11) is 0. The SMILES string of the molecule is O=C(CCn1ccnc1)N[C@@H]1CCCC[C@@H](N2CCCC2)[C@@H]1O. The van der Waals surface area contributed by atoms with Crippen molar-refractivity contribution in [1.82, 2.24) is 19.8 Å². The summed E-state index contributed by atoms with van der Waals surface area (Å²) in [4.78, 5) is 18.6. The number of carbonyl (C=O) groups is 1. The first-order chi connectivity index (χ1) is 11.2. The van der Waals surface area contributed by atoms with Crippen molar-refractivity contribution in [3.05, 3.63) is 18.7 Å². The number of imidazole rings is 1. The molecule has 0 aromatic carbocycles. The summed E-state index contributed by atoms with van der Waals surface area (Å²) in [6, 6.07) is 0.0948. The highest BCUT2D eigenvalue weighted by Crippen LogP contribution is 2.26. The maximum atomic E-state index is 12.2. The Morgan fingerprint density at radius 3 is 2.74 bits per heavy atom. The first-order valence-corrected chi connectivity index (χ1v) is 8.91. The lowest BCUT2D eigenvalue weighted by molar-refractivity contribution is -0.123. The molecule has 6 heteroatoms. The van der Waals surface area contributed by atoms with Gasteiger partial charge in [-0.05, 0) is 38.8 Å². The van der Waals surface area contributed by atoms with E-state index >= 15 is 0 Å². The molecule has 23 heavy (non-hydrogen) atoms. The Labute approximate surface area is 137 Å². The Morgan fingerprint density at radius 1 is 1.22 bits per heavy atom. The fourth-order valence-corrected chi connectivity index (χ4v) is 3.89. The Kier molecular flexibility index (Phi) is 5.67. The fraction of sp³-hybridized carbons (Fsp3) is 0.765. The molecule has 1 aliphatic carbocycles. The number of aliphatic hydroxyl groups is 1. The van der Waals surface area contributed by atoms with Gasteiger partial charge in [0.1, 0.15) is 0 Å². The van der Waals surface area contributed by atoms with Crippen LogP contribution in [0.3, 0.4) is 0 Å². The highest BCUT2D eigenvalue weighted by Gasteiger charge is 2.35. The van der Waals surface area contributed by atoms with E-state index in [1.807, 2.05) is 10.8 Å². The van der Waals surface area contributed by atoms with Crippen LogP contribution in [0.25, 0.3) is 0 Å². The number of carbonyl (C=O) groups excluding carboxylic acids is 1. The molecule has 1 aromatic rings. The number of aromatic nitrogens is 2. The van der Waals surface area contributed by atoms with Gasteiger partial charge in [0, 0.05) is 31.4 Å². The molecule has 3 atom stereocenters. The van der Waals surface area contributed by atoms with Gasteiger partial charge in [0.2, 0.25) is 5.91 Å². The molecular formula is C17H28N4O2. The van der Waals surface area contributed by atoms with Crippen LogP contribution in [0.4, 0.5) is 0 Å². The van der Waals surface area contributed by atoms with E-state index in [1.54, 1.807) is 12.5 Å². The molecule has 128 valence electrons. The lowest BCUT2D eigenvalue weighted by Gasteiger charge is -2.34. The van der Waals surface area contributed by atoms with Gasteiger partial charge < -0.3 is 15.0 Å². The van der Waals surface area contributed by atoms with Gasteiger partial charge in [-0.3, -0.25) is 9.69 Å². The Balaban J connectivity index is 1.53. The highest BCUT2D eigenvalue weighted by molar-refractivity contribution is 5.76. The molecule has 2 aliphatic rings. The van der Waals surface area contributed by atoms with Crippen molar-refractivity contribution in [2.75, 3.05) is 13.1 Å². The Bertz CT molecular complexity index is 485. The van der Waals surface area contributed by atoms with Gasteiger partial charge in [0.05, 0.1) is 18.5 Å². The van der Waals surface area contributed by atoms with Crippen molar-refractivity contribution in [2.45, 2.75) is 69.7 Å². The molecule has 0 radical (unpaired) electrons. The van der Waals surface area contributed by atoms with E-state index in [4.69, 9.17) is 0 Å². The van der Waals surface area contributed by atoms with E-state index in [0.29, 0.717) is 13.0 Å². The van der Waals surface area contributed by atoms with Crippen molar-refractivity contribution < 1.29 is 9.90 Å². The van der Waals surface area contributed by atoms with Crippen LogP contribution in [0, 0.1) is 0 Å². The van der Waals surface area contributed by atoms with E-state index in [0.717, 1.165) is 38.8 Å². The monoisotopic (exact) mass is 320 g/mol. The highest BCUT2D eigenvalue weighted by atomic mass is 16.3. The average Bonchev–Trinajstić information content (AvgIpc) is 3.22. The lowest BCUT2D eigenvalue weighted by atomic mass is 10.00. The summed E-state index contributed by atoms with van der Waals surface area (Å²) in [6.07, 6.45) is 11.9. The van der Waals surface area contributed by atoms with Crippen molar-refractivity contribution in [2.24, 2.45) is 0 Å². The second-order valence-corrected chi connectivity index (χ2v) is 6.81. The van der Waals surface area contributed by atoms with Crippen molar-refractivity contribution in [3.8, 4) is 0 Å². The molecule has 1 aromatic heterocycles. The van der Waals surface area contributed by atoms with Crippen molar-refractivity contribution >= 4 is 5.91 Å². The smallest absolute Gasteiger partial charge is 0.222 e. The number of rotatable bonds is 5. The number of nitrogens with zero attached hydrogens (tertiary/aromatic N) is 3. The minimum absolute atomic E-state index is 0.0184. The number of nitrogens with one attached hydrogen (secondary N) is 1. The maximum Gasteiger partial charge on any atom is 0.222 e. The quantitative estimate of drug-likeness (QED) is 0.799. The molecule has 0 unspecified atom stereocenters. The van der Waals surface area contributed by atoms with Crippen LogP contribution in [0.15, 0.2) is 18.7 Å². The molecule has 0 bridgehead atoms. The van der Waals surface area contributed by atoms with Crippen LogP contribution in [0.2, 0.25) is 0 Å². The summed E-state index contributed by atoms with van der Waals surface area (Å²) in [6.45, 7) is 2.80. The van der Waals surface area contributed by atoms with Crippen molar-refractivity contribution in [3.63, 3.8) is 0 Å². The zero-order chi connectivity index (χ0) is 16.1. The van der Waals surface area contributed by atoms with Gasteiger partial charge in [0.15, 0.2) is 0 Å². The predicted molar refractivity (Wildman–Crippen MR) is 87.8 cm³/mol. The third kappa shape index (κ3) is 4.32. The summed E-state index contributed by atoms with van der Waals surface area (Å²) in [5, 5.41) is 13.9. The third-order valence-corrected chi connectivity index (χ3v) is 5.18. The predicted octanol–water partition coefficient (Wildman–Crippen LogP) is 1.16. The molecule has 0 spiro atoms. The largest absolute Gasteiger partial charge is 0.389 e. The molecule has 2 N–H and O–H groups in total. The Morgan fingerprint density at radius 2 is 2.00 bits per heavy atom. The van der Waals surface area contributed by atoms with Crippen LogP contribution in [0.5, 0.6) is 0 Å². The molecule has 1 saturated carbocycles. The number of aryl methyl sites for hydroxylation is 1. The number of amides is 1. The minimum Gasteiger partial charge on any atom is -0.389 e. The molecule has 3 rings (SSSR count). The Hall–Kier alpha value is -1.40. The van der Waals surface area contributed by atoms with Gasteiger partial charge in [0.25, 0.3) is 0 Å². The molecule has 2 heterocycles. The molecule has 1 aliphatic heterocycles. The van der Waals surface area contributed by atoms with E-state index in [2.05, 4.69) is 15.2 Å². The van der Waals surface area contributed by atoms with E-state index < -0.39 is 6.10 Å². The molecule has 6 nitrogen and oxygen atoms in total. The van der Waals surface area contributed by atoms with Crippen LogP contribution in [0.1, 0.15) is 44.9 Å². The average molecular weight is 320 g/mol. The normalized spacial score (nSPS) is 29.3. The zero-order valence-corrected chi connectivity index (χ0v) is 13.7. The molecular weight excluding hydrogens is 292 g/mol. The number of hydrogen-bond donors (Lipinski definition) is 2. The minimum atomic E-state index is -0.451. The van der Waals surface area contributed by atoms with E-state index in [9.17, 15) is 9.90 Å². The van der Waals surface area contributed by atoms with E-state index in [1.165, 1.54) is 12.8 Å². The topological polar surface area (TPSA) is 70.4 Å². The molecule has 1 saturated heterocycles. The first-order valence-electron chi connectivity index (χ1n) is 8.91. The lowest BCUT2D eigenvalue weighted by Crippen LogP contribution is -2.52. The van der Waals surface area contributed by atoms with Crippen LogP contribution >= 0.6 is 0 Å². The van der Waals surface area contributed by atoms with Gasteiger partial charge in [-0.25, -0.2) is 4.98 Å². The molecule has 2 fully saturated rings. The number of likely N-dealkylation sites (tertiary alicyclic amines) is 1. The third-order valence-electron chi connectivity index (χ3n) is 5.18. The maximum absolute atomic E-state index is 12.2. The fourth-order valence-electron chi connectivity index (χ4n) is 3.89.